The van der Waals surface area contributed by atoms with Gasteiger partial charge in [0.15, 0.2) is 0 Å². The fraction of sp³-hybridized carbons (Fsp3) is 0.375. The molecule has 0 bridgehead atoms. The Kier molecular flexibility index (Phi) is 5.96. The molecule has 0 unspecified atom stereocenters. The van der Waals surface area contributed by atoms with Crippen molar-refractivity contribution in [2.45, 2.75) is 31.8 Å². The molecule has 2 fully saturated rings. The summed E-state index contributed by atoms with van der Waals surface area (Å²) >= 11 is 3.34. The average Bonchev–Trinajstić information content (AvgIpc) is 3.23. The minimum Gasteiger partial charge on any atom is -0.508 e. The summed E-state index contributed by atoms with van der Waals surface area (Å²) in [7, 11) is 1.47. The van der Waals surface area contributed by atoms with Crippen molar-refractivity contribution >= 4 is 39.4 Å². The van der Waals surface area contributed by atoms with Gasteiger partial charge in [-0.1, -0.05) is 29.8 Å². The van der Waals surface area contributed by atoms with Crippen molar-refractivity contribution in [1.29, 1.82) is 0 Å². The van der Waals surface area contributed by atoms with Crippen molar-refractivity contribution in [3.05, 3.63) is 52.5 Å². The van der Waals surface area contributed by atoms with Crippen molar-refractivity contribution in [2.24, 2.45) is 17.8 Å². The SMILES string of the molecule is COc1ccc(O)c([C@@H]2N[C@](CC(C)C)(C(=O)O)[C@@H]3C(=O)N(c4ccc(Br)cc4)C(=O)[C@@H]32)c1. The summed E-state index contributed by atoms with van der Waals surface area (Å²) in [4.78, 5) is 41.1. The Labute approximate surface area is 199 Å². The third-order valence-electron chi connectivity index (χ3n) is 6.42. The van der Waals surface area contributed by atoms with Gasteiger partial charge in [0.2, 0.25) is 11.8 Å². The van der Waals surface area contributed by atoms with Crippen LogP contribution in [0.3, 0.4) is 0 Å². The Hall–Kier alpha value is -2.91. The molecule has 33 heavy (non-hydrogen) atoms. The summed E-state index contributed by atoms with van der Waals surface area (Å²) in [6.45, 7) is 3.73. The second-order valence-corrected chi connectivity index (χ2v) is 9.83. The van der Waals surface area contributed by atoms with E-state index in [4.69, 9.17) is 4.74 Å². The van der Waals surface area contributed by atoms with Crippen molar-refractivity contribution in [3.63, 3.8) is 0 Å². The first-order valence-corrected chi connectivity index (χ1v) is 11.4. The molecule has 8 nitrogen and oxygen atoms in total. The molecule has 174 valence electrons. The van der Waals surface area contributed by atoms with Gasteiger partial charge in [-0.3, -0.25) is 19.7 Å². The number of methoxy groups -OCH3 is 1. The quantitative estimate of drug-likeness (QED) is 0.503. The van der Waals surface area contributed by atoms with Gasteiger partial charge in [0.1, 0.15) is 17.0 Å². The molecule has 2 aromatic rings. The number of fused-ring (bicyclic) bond motifs is 1. The van der Waals surface area contributed by atoms with Crippen molar-refractivity contribution < 1.29 is 29.3 Å². The van der Waals surface area contributed by atoms with Crippen LogP contribution < -0.4 is 15.0 Å². The summed E-state index contributed by atoms with van der Waals surface area (Å²) in [6, 6.07) is 10.4. The zero-order chi connectivity index (χ0) is 24.1. The van der Waals surface area contributed by atoms with E-state index in [0.29, 0.717) is 17.0 Å². The van der Waals surface area contributed by atoms with Gasteiger partial charge in [-0.2, -0.15) is 0 Å². The third kappa shape index (κ3) is 3.69. The Morgan fingerprint density at radius 2 is 1.85 bits per heavy atom. The van der Waals surface area contributed by atoms with Gasteiger partial charge in [0, 0.05) is 16.1 Å². The summed E-state index contributed by atoms with van der Waals surface area (Å²) in [5.74, 6) is -4.14. The van der Waals surface area contributed by atoms with Crippen molar-refractivity contribution in [1.82, 2.24) is 5.32 Å². The van der Waals surface area contributed by atoms with E-state index >= 15 is 0 Å². The summed E-state index contributed by atoms with van der Waals surface area (Å²) in [5.41, 5.74) is -0.981. The number of benzene rings is 2. The predicted molar refractivity (Wildman–Crippen MR) is 124 cm³/mol. The molecule has 0 saturated carbocycles. The summed E-state index contributed by atoms with van der Waals surface area (Å²) < 4.78 is 6.06. The molecule has 0 aliphatic carbocycles. The first-order valence-electron chi connectivity index (χ1n) is 10.6. The molecule has 3 N–H and O–H groups in total. The minimum absolute atomic E-state index is 0.0726. The number of carbonyl (C=O) groups excluding carboxylic acids is 2. The lowest BCUT2D eigenvalue weighted by Gasteiger charge is -2.32. The number of halogens is 1. The van der Waals surface area contributed by atoms with Gasteiger partial charge < -0.3 is 14.9 Å². The van der Waals surface area contributed by atoms with E-state index < -0.39 is 41.2 Å². The van der Waals surface area contributed by atoms with Crippen LogP contribution in [-0.2, 0) is 14.4 Å². The molecule has 2 aliphatic heterocycles. The van der Waals surface area contributed by atoms with Crippen LogP contribution >= 0.6 is 15.9 Å². The van der Waals surface area contributed by atoms with E-state index in [0.717, 1.165) is 9.37 Å². The number of carboxylic acids is 1. The smallest absolute Gasteiger partial charge is 0.324 e. The molecule has 2 aromatic carbocycles. The number of phenolic OH excluding ortho intramolecular Hbond substituents is 1. The van der Waals surface area contributed by atoms with E-state index in [1.165, 1.54) is 13.2 Å². The van der Waals surface area contributed by atoms with E-state index in [-0.39, 0.29) is 18.1 Å². The highest BCUT2D eigenvalue weighted by molar-refractivity contribution is 9.10. The van der Waals surface area contributed by atoms with Gasteiger partial charge in [-0.05, 0) is 54.8 Å². The number of phenols is 1. The number of amides is 2. The molecule has 0 radical (unpaired) electrons. The second kappa shape index (κ2) is 8.46. The number of ether oxygens (including phenoxy) is 1. The Bertz CT molecular complexity index is 1120. The van der Waals surface area contributed by atoms with Crippen LogP contribution in [0.15, 0.2) is 46.9 Å². The number of nitrogens with zero attached hydrogens (tertiary/aromatic N) is 1. The fourth-order valence-electron chi connectivity index (χ4n) is 5.14. The van der Waals surface area contributed by atoms with E-state index in [9.17, 15) is 24.6 Å². The third-order valence-corrected chi connectivity index (χ3v) is 6.95. The largest absolute Gasteiger partial charge is 0.508 e. The van der Waals surface area contributed by atoms with Crippen LogP contribution in [0.4, 0.5) is 5.69 Å². The van der Waals surface area contributed by atoms with Gasteiger partial charge in [-0.25, -0.2) is 4.90 Å². The van der Waals surface area contributed by atoms with Crippen LogP contribution in [0.1, 0.15) is 31.9 Å². The normalized spacial score (nSPS) is 26.7. The van der Waals surface area contributed by atoms with Crippen molar-refractivity contribution in [3.8, 4) is 11.5 Å². The standard InChI is InChI=1S/C24H25BrN2O6/c1-12(2)11-24(23(31)32)19-18(20(26-24)16-10-15(33-3)8-9-17(16)28)21(29)27(22(19)30)14-6-4-13(25)5-7-14/h4-10,12,18-20,26,28H,11H2,1-3H3,(H,31,32)/t18-,19-,20-,24-/m0/s1. The molecule has 2 heterocycles. The monoisotopic (exact) mass is 516 g/mol. The molecular weight excluding hydrogens is 492 g/mol. The number of nitrogens with one attached hydrogen (secondary N) is 1. The lowest BCUT2D eigenvalue weighted by molar-refractivity contribution is -0.149. The van der Waals surface area contributed by atoms with Gasteiger partial charge in [0.25, 0.3) is 0 Å². The Morgan fingerprint density at radius 3 is 2.42 bits per heavy atom. The number of hydrogen-bond donors (Lipinski definition) is 3. The molecule has 2 aliphatic rings. The molecule has 0 aromatic heterocycles. The van der Waals surface area contributed by atoms with Crippen LogP contribution in [0.2, 0.25) is 0 Å². The lowest BCUT2D eigenvalue weighted by atomic mass is 9.75. The van der Waals surface area contributed by atoms with E-state index in [1.54, 1.807) is 36.4 Å². The fourth-order valence-corrected chi connectivity index (χ4v) is 5.40. The Morgan fingerprint density at radius 1 is 1.18 bits per heavy atom. The highest BCUT2D eigenvalue weighted by atomic mass is 79.9. The zero-order valence-electron chi connectivity index (χ0n) is 18.4. The molecule has 9 heteroatoms. The lowest BCUT2D eigenvalue weighted by Crippen LogP contribution is -2.56. The first kappa shape index (κ1) is 23.3. The van der Waals surface area contributed by atoms with Gasteiger partial charge in [-0.15, -0.1) is 0 Å². The van der Waals surface area contributed by atoms with Crippen molar-refractivity contribution in [2.75, 3.05) is 12.0 Å². The van der Waals surface area contributed by atoms with E-state index in [1.807, 2.05) is 13.8 Å². The van der Waals surface area contributed by atoms with Crippen LogP contribution in [0.25, 0.3) is 0 Å². The number of carboxylic acid groups (broad SMARTS) is 1. The molecule has 2 saturated heterocycles. The maximum atomic E-state index is 13.7. The topological polar surface area (TPSA) is 116 Å². The summed E-state index contributed by atoms with van der Waals surface area (Å²) in [6.07, 6.45) is 0.137. The highest BCUT2D eigenvalue weighted by Crippen LogP contribution is 2.53. The predicted octanol–water partition coefficient (Wildman–Crippen LogP) is 3.48. The van der Waals surface area contributed by atoms with E-state index in [2.05, 4.69) is 21.2 Å². The molecular formula is C24H25BrN2O6. The first-order chi connectivity index (χ1) is 15.6. The molecule has 0 spiro atoms. The summed E-state index contributed by atoms with van der Waals surface area (Å²) in [5, 5.41) is 24.1. The van der Waals surface area contributed by atoms with Crippen LogP contribution in [0, 0.1) is 17.8 Å². The number of carbonyl (C=O) groups is 3. The molecule has 4 atom stereocenters. The van der Waals surface area contributed by atoms with Gasteiger partial charge >= 0.3 is 5.97 Å². The Balaban J connectivity index is 1.89. The minimum atomic E-state index is -1.67. The molecule has 2 amide bonds. The zero-order valence-corrected chi connectivity index (χ0v) is 20.0. The number of imide groups is 1. The number of aromatic hydroxyl groups is 1. The number of aliphatic carboxylic acids is 1. The number of anilines is 1. The van der Waals surface area contributed by atoms with Crippen LogP contribution in [-0.4, -0.2) is 40.6 Å². The second-order valence-electron chi connectivity index (χ2n) is 8.91. The van der Waals surface area contributed by atoms with Gasteiger partial charge in [0.05, 0.1) is 24.6 Å². The number of rotatable bonds is 6. The maximum absolute atomic E-state index is 13.7. The number of hydrogen-bond acceptors (Lipinski definition) is 6. The highest BCUT2D eigenvalue weighted by Gasteiger charge is 2.68. The van der Waals surface area contributed by atoms with Crippen LogP contribution in [0.5, 0.6) is 11.5 Å². The average molecular weight is 517 g/mol. The maximum Gasteiger partial charge on any atom is 0.324 e. The molecule has 4 rings (SSSR count).